The van der Waals surface area contributed by atoms with Crippen molar-refractivity contribution in [1.82, 2.24) is 0 Å². The highest BCUT2D eigenvalue weighted by Gasteiger charge is 2.29. The van der Waals surface area contributed by atoms with Gasteiger partial charge in [0.1, 0.15) is 10.4 Å². The number of hydrogen-bond acceptors (Lipinski definition) is 3. The van der Waals surface area contributed by atoms with Crippen molar-refractivity contribution in [2.45, 2.75) is 18.6 Å². The van der Waals surface area contributed by atoms with E-state index in [1.54, 1.807) is 0 Å². The van der Waals surface area contributed by atoms with E-state index in [2.05, 4.69) is 27.3 Å². The van der Waals surface area contributed by atoms with Gasteiger partial charge in [0.25, 0.3) is 0 Å². The molecule has 2 atom stereocenters. The van der Waals surface area contributed by atoms with E-state index in [-0.39, 0.29) is 6.04 Å². The van der Waals surface area contributed by atoms with E-state index >= 15 is 0 Å². The van der Waals surface area contributed by atoms with Gasteiger partial charge in [-0.2, -0.15) is 0 Å². The van der Waals surface area contributed by atoms with Crippen molar-refractivity contribution >= 4 is 44.6 Å². The van der Waals surface area contributed by atoms with Crippen molar-refractivity contribution in [1.29, 1.82) is 0 Å². The fourth-order valence-corrected chi connectivity index (χ4v) is 4.01. The number of nitrogens with one attached hydrogen (secondary N) is 1. The Morgan fingerprint density at radius 2 is 2.22 bits per heavy atom. The summed E-state index contributed by atoms with van der Waals surface area (Å²) in [7, 11) is 0. The summed E-state index contributed by atoms with van der Waals surface area (Å²) < 4.78 is 1.53. The van der Waals surface area contributed by atoms with Gasteiger partial charge in [-0.1, -0.05) is 29.8 Å². The largest absolute Gasteiger partial charge is 0.385 e. The van der Waals surface area contributed by atoms with Crippen molar-refractivity contribution in [2.24, 2.45) is 0 Å². The molecule has 2 aromatic rings. The van der Waals surface area contributed by atoms with Crippen LogP contribution in [-0.2, 0) is 6.42 Å². The average molecular weight is 345 g/mol. The van der Waals surface area contributed by atoms with Crippen LogP contribution < -0.4 is 5.32 Å². The average Bonchev–Trinajstić information content (AvgIpc) is 2.93. The van der Waals surface area contributed by atoms with Gasteiger partial charge < -0.3 is 10.4 Å². The molecular formula is C13H11BrClNOS. The number of benzene rings is 1. The lowest BCUT2D eigenvalue weighted by molar-refractivity contribution is 0.160. The Labute approximate surface area is 123 Å². The molecule has 5 heteroatoms. The van der Waals surface area contributed by atoms with Crippen molar-refractivity contribution in [2.75, 3.05) is 5.32 Å². The van der Waals surface area contributed by atoms with Gasteiger partial charge in [-0.15, -0.1) is 11.3 Å². The molecule has 18 heavy (non-hydrogen) atoms. The molecule has 0 saturated carbocycles. The van der Waals surface area contributed by atoms with Gasteiger partial charge in [-0.05, 0) is 40.0 Å². The maximum absolute atomic E-state index is 10.4. The van der Waals surface area contributed by atoms with Crippen molar-refractivity contribution in [3.05, 3.63) is 49.6 Å². The maximum atomic E-state index is 10.4. The monoisotopic (exact) mass is 343 g/mol. The first kappa shape index (κ1) is 12.5. The third-order valence-corrected chi connectivity index (χ3v) is 5.68. The van der Waals surface area contributed by atoms with Crippen LogP contribution in [0.4, 0.5) is 5.69 Å². The van der Waals surface area contributed by atoms with Crippen LogP contribution in [0.25, 0.3) is 0 Å². The third-order valence-electron chi connectivity index (χ3n) is 3.13. The standard InChI is InChI=1S/C13H11BrClNOS/c14-8-6-11(18-13(8)15)12(17)10-5-7-3-1-2-4-9(7)16-10/h1-4,6,10,12,16-17H,5H2. The van der Waals surface area contributed by atoms with Crippen LogP contribution >= 0.6 is 38.9 Å². The minimum Gasteiger partial charge on any atom is -0.385 e. The zero-order valence-electron chi connectivity index (χ0n) is 9.36. The van der Waals surface area contributed by atoms with E-state index in [0.717, 1.165) is 21.5 Å². The molecular weight excluding hydrogens is 334 g/mol. The van der Waals surface area contributed by atoms with Crippen molar-refractivity contribution in [3.63, 3.8) is 0 Å². The van der Waals surface area contributed by atoms with Gasteiger partial charge >= 0.3 is 0 Å². The van der Waals surface area contributed by atoms with Crippen molar-refractivity contribution in [3.8, 4) is 0 Å². The van der Waals surface area contributed by atoms with Crippen LogP contribution in [0.5, 0.6) is 0 Å². The molecule has 2 unspecified atom stereocenters. The number of rotatable bonds is 2. The Morgan fingerprint density at radius 1 is 1.44 bits per heavy atom. The Kier molecular flexibility index (Phi) is 3.36. The zero-order chi connectivity index (χ0) is 12.7. The molecule has 1 aromatic heterocycles. The first-order valence-electron chi connectivity index (χ1n) is 5.62. The van der Waals surface area contributed by atoms with Crippen LogP contribution in [0, 0.1) is 0 Å². The summed E-state index contributed by atoms with van der Waals surface area (Å²) in [5.74, 6) is 0. The van der Waals surface area contributed by atoms with Crippen LogP contribution in [0.2, 0.25) is 4.34 Å². The summed E-state index contributed by atoms with van der Waals surface area (Å²) in [5, 5.41) is 13.8. The summed E-state index contributed by atoms with van der Waals surface area (Å²) in [5.41, 5.74) is 2.37. The van der Waals surface area contributed by atoms with E-state index < -0.39 is 6.10 Å². The predicted octanol–water partition coefficient (Wildman–Crippen LogP) is 4.23. The normalized spacial score (nSPS) is 19.4. The molecule has 2 nitrogen and oxygen atoms in total. The highest BCUT2D eigenvalue weighted by molar-refractivity contribution is 9.10. The molecule has 0 radical (unpaired) electrons. The smallest absolute Gasteiger partial charge is 0.109 e. The molecule has 0 amide bonds. The third kappa shape index (κ3) is 2.18. The van der Waals surface area contributed by atoms with E-state index in [4.69, 9.17) is 11.6 Å². The quantitative estimate of drug-likeness (QED) is 0.854. The number of hydrogen-bond donors (Lipinski definition) is 2. The van der Waals surface area contributed by atoms with Crippen molar-refractivity contribution < 1.29 is 5.11 Å². The molecule has 1 aliphatic heterocycles. The van der Waals surface area contributed by atoms with E-state index in [0.29, 0.717) is 4.34 Å². The second-order valence-corrected chi connectivity index (χ2v) is 6.87. The van der Waals surface area contributed by atoms with Gasteiger partial charge in [0.15, 0.2) is 0 Å². The van der Waals surface area contributed by atoms with Crippen LogP contribution in [0.15, 0.2) is 34.8 Å². The fraction of sp³-hybridized carbons (Fsp3) is 0.231. The van der Waals surface area contributed by atoms with Crippen LogP contribution in [0.1, 0.15) is 16.5 Å². The minimum absolute atomic E-state index is 0.0176. The lowest BCUT2D eigenvalue weighted by Gasteiger charge is -2.17. The molecule has 0 bridgehead atoms. The molecule has 94 valence electrons. The fourth-order valence-electron chi connectivity index (χ4n) is 2.22. The summed E-state index contributed by atoms with van der Waals surface area (Å²) in [4.78, 5) is 0.886. The number of fused-ring (bicyclic) bond motifs is 1. The second-order valence-electron chi connectivity index (χ2n) is 4.33. The SMILES string of the molecule is OC(c1cc(Br)c(Cl)s1)C1Cc2ccccc2N1. The first-order chi connectivity index (χ1) is 8.65. The Balaban J connectivity index is 1.82. The van der Waals surface area contributed by atoms with Gasteiger partial charge in [0, 0.05) is 15.0 Å². The molecule has 1 aromatic carbocycles. The van der Waals surface area contributed by atoms with E-state index in [1.165, 1.54) is 16.9 Å². The number of anilines is 1. The maximum Gasteiger partial charge on any atom is 0.109 e. The summed E-state index contributed by atoms with van der Waals surface area (Å²) in [6.07, 6.45) is 0.302. The molecule has 2 heterocycles. The second kappa shape index (κ2) is 4.85. The van der Waals surface area contributed by atoms with E-state index in [1.807, 2.05) is 24.3 Å². The summed E-state index contributed by atoms with van der Waals surface area (Å²) >= 11 is 10.8. The van der Waals surface area contributed by atoms with Gasteiger partial charge in [-0.3, -0.25) is 0 Å². The Bertz CT molecular complexity index is 542. The topological polar surface area (TPSA) is 32.3 Å². The number of aliphatic hydroxyl groups excluding tert-OH is 1. The molecule has 1 aliphatic rings. The summed E-state index contributed by atoms with van der Waals surface area (Å²) in [6.45, 7) is 0. The lowest BCUT2D eigenvalue weighted by Crippen LogP contribution is -2.24. The minimum atomic E-state index is -0.536. The molecule has 2 N–H and O–H groups in total. The van der Waals surface area contributed by atoms with Gasteiger partial charge in [0.2, 0.25) is 0 Å². The highest BCUT2D eigenvalue weighted by Crippen LogP contribution is 2.39. The first-order valence-corrected chi connectivity index (χ1v) is 7.61. The molecule has 3 rings (SSSR count). The predicted molar refractivity (Wildman–Crippen MR) is 79.5 cm³/mol. The van der Waals surface area contributed by atoms with Crippen LogP contribution in [-0.4, -0.2) is 11.1 Å². The molecule has 0 aliphatic carbocycles. The molecule has 0 spiro atoms. The van der Waals surface area contributed by atoms with E-state index in [9.17, 15) is 5.11 Å². The van der Waals surface area contributed by atoms with Gasteiger partial charge in [-0.25, -0.2) is 0 Å². The molecule has 0 fully saturated rings. The Morgan fingerprint density at radius 3 is 2.89 bits per heavy atom. The number of aliphatic hydroxyl groups is 1. The lowest BCUT2D eigenvalue weighted by atomic mass is 10.0. The number of thiophene rings is 1. The number of halogens is 2. The number of para-hydroxylation sites is 1. The molecule has 0 saturated heterocycles. The Hall–Kier alpha value is -0.550. The van der Waals surface area contributed by atoms with Gasteiger partial charge in [0.05, 0.1) is 6.04 Å². The van der Waals surface area contributed by atoms with Crippen LogP contribution in [0.3, 0.4) is 0 Å². The highest BCUT2D eigenvalue weighted by atomic mass is 79.9. The summed E-state index contributed by atoms with van der Waals surface area (Å²) in [6, 6.07) is 10.1. The zero-order valence-corrected chi connectivity index (χ0v) is 12.5.